The van der Waals surface area contributed by atoms with Gasteiger partial charge < -0.3 is 14.5 Å². The van der Waals surface area contributed by atoms with Crippen molar-refractivity contribution < 1.29 is 13.9 Å². The third-order valence-electron chi connectivity index (χ3n) is 3.72. The van der Waals surface area contributed by atoms with Gasteiger partial charge in [-0.25, -0.2) is 4.79 Å². The van der Waals surface area contributed by atoms with Crippen LogP contribution in [0.4, 0.5) is 4.79 Å². The topological polar surface area (TPSA) is 69.3 Å². The van der Waals surface area contributed by atoms with Gasteiger partial charge in [-0.15, -0.1) is 0 Å². The zero-order chi connectivity index (χ0) is 19.6. The van der Waals surface area contributed by atoms with Crippen LogP contribution in [0.3, 0.4) is 0 Å². The summed E-state index contributed by atoms with van der Waals surface area (Å²) in [6, 6.07) is 11.1. The summed E-state index contributed by atoms with van der Waals surface area (Å²) in [6.07, 6.45) is 0.814. The van der Waals surface area contributed by atoms with Crippen molar-refractivity contribution in [2.45, 2.75) is 17.6 Å². The number of alkyl halides is 3. The lowest BCUT2D eigenvalue weighted by Crippen LogP contribution is -2.34. The molecule has 0 saturated carbocycles. The number of halogens is 3. The summed E-state index contributed by atoms with van der Waals surface area (Å²) in [7, 11) is 0. The molecule has 9 heteroatoms. The van der Waals surface area contributed by atoms with Crippen molar-refractivity contribution in [3.8, 4) is 22.8 Å². The molecule has 0 spiro atoms. The van der Waals surface area contributed by atoms with Gasteiger partial charge in [-0.2, -0.15) is 9.78 Å². The van der Waals surface area contributed by atoms with E-state index in [9.17, 15) is 4.79 Å². The minimum Gasteiger partial charge on any atom is -0.469 e. The van der Waals surface area contributed by atoms with Gasteiger partial charge in [0.1, 0.15) is 11.5 Å². The average molecular weight is 429 g/mol. The summed E-state index contributed by atoms with van der Waals surface area (Å²) >= 11 is 16.9. The maximum atomic E-state index is 12.1. The van der Waals surface area contributed by atoms with E-state index in [0.29, 0.717) is 11.5 Å². The quantitative estimate of drug-likeness (QED) is 0.579. The summed E-state index contributed by atoms with van der Waals surface area (Å²) in [5.41, 5.74) is 3.23. The van der Waals surface area contributed by atoms with E-state index in [1.54, 1.807) is 18.4 Å². The van der Waals surface area contributed by atoms with Crippen molar-refractivity contribution in [1.29, 1.82) is 0 Å². The summed E-state index contributed by atoms with van der Waals surface area (Å²) in [6.45, 7) is 3.62. The Morgan fingerprint density at radius 2 is 1.93 bits per heavy atom. The first-order valence-corrected chi connectivity index (χ1v) is 9.10. The van der Waals surface area contributed by atoms with Crippen LogP contribution in [0, 0.1) is 13.8 Å². The van der Waals surface area contributed by atoms with Crippen molar-refractivity contribution in [3.63, 3.8) is 0 Å². The van der Waals surface area contributed by atoms with Gasteiger partial charge in [-0.3, -0.25) is 0 Å². The smallest absolute Gasteiger partial charge is 0.414 e. The Balaban J connectivity index is 1.93. The molecule has 2 heterocycles. The Labute approximate surface area is 171 Å². The third-order valence-corrected chi connectivity index (χ3v) is 4.12. The molecule has 0 saturated heterocycles. The van der Waals surface area contributed by atoms with Crippen molar-refractivity contribution in [1.82, 2.24) is 15.1 Å². The first-order chi connectivity index (χ1) is 12.7. The van der Waals surface area contributed by atoms with E-state index < -0.39 is 9.89 Å². The number of furan rings is 1. The number of aryl methyl sites for hydroxylation is 2. The molecule has 6 nitrogen and oxygen atoms in total. The van der Waals surface area contributed by atoms with E-state index >= 15 is 0 Å². The molecule has 1 amide bonds. The fourth-order valence-electron chi connectivity index (χ4n) is 2.39. The number of carbonyl (C=O) groups is 1. The van der Waals surface area contributed by atoms with Gasteiger partial charge in [0, 0.05) is 11.6 Å². The molecule has 3 aromatic rings. The number of hydrogen-bond acceptors (Lipinski definition) is 4. The largest absolute Gasteiger partial charge is 0.469 e. The Bertz CT molecular complexity index is 943. The maximum Gasteiger partial charge on any atom is 0.414 e. The molecule has 142 valence electrons. The molecular weight excluding hydrogens is 413 g/mol. The molecular formula is C18H16Cl3N3O3. The molecule has 1 N–H and O–H groups in total. The molecule has 27 heavy (non-hydrogen) atoms. The Morgan fingerprint density at radius 3 is 2.52 bits per heavy atom. The number of hydrogen-bond donors (Lipinski definition) is 1. The number of nitrogens with zero attached hydrogens (tertiary/aromatic N) is 2. The second kappa shape index (κ2) is 7.84. The standard InChI is InChI=1S/C18H16Cl3N3O3/c1-11-3-5-13(6-4-11)24-16(27-17(25)22-10-18(19,20)21)9-15(23-24)14-7-8-26-12(14)2/h3-9H,10H2,1-2H3,(H,22,25). The van der Waals surface area contributed by atoms with E-state index in [1.165, 1.54) is 4.68 Å². The van der Waals surface area contributed by atoms with Crippen LogP contribution in [0.5, 0.6) is 5.88 Å². The predicted octanol–water partition coefficient (Wildman–Crippen LogP) is 5.21. The highest BCUT2D eigenvalue weighted by Gasteiger charge is 2.22. The minimum absolute atomic E-state index is 0.192. The normalized spacial score (nSPS) is 11.4. The van der Waals surface area contributed by atoms with Crippen molar-refractivity contribution >= 4 is 40.9 Å². The van der Waals surface area contributed by atoms with Gasteiger partial charge in [0.2, 0.25) is 9.67 Å². The number of carbonyl (C=O) groups excluding carboxylic acids is 1. The maximum absolute atomic E-state index is 12.1. The summed E-state index contributed by atoms with van der Waals surface area (Å²) in [5.74, 6) is 0.923. The third kappa shape index (κ3) is 4.97. The lowest BCUT2D eigenvalue weighted by molar-refractivity contribution is 0.197. The Hall–Kier alpha value is -2.15. The zero-order valence-corrected chi connectivity index (χ0v) is 16.8. The first-order valence-electron chi connectivity index (χ1n) is 7.97. The number of nitrogens with one attached hydrogen (secondary N) is 1. The van der Waals surface area contributed by atoms with Crippen LogP contribution in [-0.2, 0) is 0 Å². The molecule has 0 atom stereocenters. The lowest BCUT2D eigenvalue weighted by atomic mass is 10.2. The Morgan fingerprint density at radius 1 is 1.22 bits per heavy atom. The highest BCUT2D eigenvalue weighted by Crippen LogP contribution is 2.29. The molecule has 0 aliphatic heterocycles. The molecule has 0 aliphatic rings. The molecule has 0 bridgehead atoms. The number of benzene rings is 1. The molecule has 0 fully saturated rings. The second-order valence-corrected chi connectivity index (χ2v) is 8.38. The van der Waals surface area contributed by atoms with E-state index in [1.807, 2.05) is 38.1 Å². The molecule has 0 radical (unpaired) electrons. The van der Waals surface area contributed by atoms with Crippen LogP contribution in [0.1, 0.15) is 11.3 Å². The highest BCUT2D eigenvalue weighted by molar-refractivity contribution is 6.67. The van der Waals surface area contributed by atoms with Gasteiger partial charge in [0.05, 0.1) is 18.5 Å². The summed E-state index contributed by atoms with van der Waals surface area (Å²) < 4.78 is 10.6. The molecule has 1 aromatic carbocycles. The molecule has 2 aromatic heterocycles. The monoisotopic (exact) mass is 427 g/mol. The highest BCUT2D eigenvalue weighted by atomic mass is 35.6. The van der Waals surface area contributed by atoms with E-state index in [4.69, 9.17) is 44.0 Å². The SMILES string of the molecule is Cc1ccc(-n2nc(-c3ccoc3C)cc2OC(=O)NCC(Cl)(Cl)Cl)cc1. The van der Waals surface area contributed by atoms with Gasteiger partial charge in [0.25, 0.3) is 0 Å². The molecule has 0 aliphatic carbocycles. The number of aromatic nitrogens is 2. The number of ether oxygens (including phenoxy) is 1. The van der Waals surface area contributed by atoms with E-state index in [-0.39, 0.29) is 12.4 Å². The first kappa shape index (κ1) is 19.6. The van der Waals surface area contributed by atoms with E-state index in [2.05, 4.69) is 10.4 Å². The number of amides is 1. The van der Waals surface area contributed by atoms with Crippen LogP contribution in [0.25, 0.3) is 16.9 Å². The van der Waals surface area contributed by atoms with Gasteiger partial charge in [-0.1, -0.05) is 52.5 Å². The fourth-order valence-corrected chi connectivity index (χ4v) is 2.59. The Kier molecular flexibility index (Phi) is 5.69. The van der Waals surface area contributed by atoms with E-state index in [0.717, 1.165) is 16.8 Å². The average Bonchev–Trinajstić information content (AvgIpc) is 3.19. The van der Waals surface area contributed by atoms with Gasteiger partial charge in [-0.05, 0) is 32.0 Å². The minimum atomic E-state index is -1.62. The van der Waals surface area contributed by atoms with Crippen molar-refractivity contribution in [3.05, 3.63) is 54.0 Å². The summed E-state index contributed by atoms with van der Waals surface area (Å²) in [4.78, 5) is 12.1. The zero-order valence-electron chi connectivity index (χ0n) is 14.5. The van der Waals surface area contributed by atoms with Crippen LogP contribution in [0.2, 0.25) is 0 Å². The molecule has 0 unspecified atom stereocenters. The van der Waals surface area contributed by atoms with Gasteiger partial charge >= 0.3 is 6.09 Å². The van der Waals surface area contributed by atoms with Gasteiger partial charge in [0.15, 0.2) is 0 Å². The van der Waals surface area contributed by atoms with Crippen LogP contribution in [0.15, 0.2) is 47.1 Å². The predicted molar refractivity (Wildman–Crippen MR) is 105 cm³/mol. The molecule has 3 rings (SSSR count). The number of rotatable bonds is 4. The fraction of sp³-hybridized carbons (Fsp3) is 0.222. The second-order valence-electron chi connectivity index (χ2n) is 5.86. The van der Waals surface area contributed by atoms with Crippen LogP contribution < -0.4 is 10.1 Å². The summed E-state index contributed by atoms with van der Waals surface area (Å²) in [5, 5.41) is 6.95. The van der Waals surface area contributed by atoms with Crippen molar-refractivity contribution in [2.24, 2.45) is 0 Å². The van der Waals surface area contributed by atoms with Crippen LogP contribution >= 0.6 is 34.8 Å². The lowest BCUT2D eigenvalue weighted by Gasteiger charge is -2.12. The van der Waals surface area contributed by atoms with Crippen molar-refractivity contribution in [2.75, 3.05) is 6.54 Å². The van der Waals surface area contributed by atoms with Crippen LogP contribution in [-0.4, -0.2) is 26.2 Å².